The molecule has 0 bridgehead atoms. The predicted molar refractivity (Wildman–Crippen MR) is 178 cm³/mol. The van der Waals surface area contributed by atoms with E-state index in [0.29, 0.717) is 34.8 Å². The molecule has 0 unspecified atom stereocenters. The number of carbonyl (C=O) groups is 3. The number of fused-ring (bicyclic) bond motifs is 1. The zero-order chi connectivity index (χ0) is 33.3. The summed E-state index contributed by atoms with van der Waals surface area (Å²) >= 11 is 0. The van der Waals surface area contributed by atoms with Gasteiger partial charge in [0, 0.05) is 41.8 Å². The van der Waals surface area contributed by atoms with E-state index < -0.39 is 11.9 Å². The third-order valence-corrected chi connectivity index (χ3v) is 7.09. The molecule has 45 heavy (non-hydrogen) atoms. The van der Waals surface area contributed by atoms with Crippen LogP contribution >= 0.6 is 0 Å². The van der Waals surface area contributed by atoms with Gasteiger partial charge in [-0.3, -0.25) is 14.4 Å². The number of carbonyl (C=O) groups excluding carboxylic acids is 3. The molecular formula is C33H46FN7O4. The second-order valence-corrected chi connectivity index (χ2v) is 10.4. The van der Waals surface area contributed by atoms with E-state index in [4.69, 9.17) is 10.5 Å². The van der Waals surface area contributed by atoms with Gasteiger partial charge in [-0.1, -0.05) is 36.4 Å². The first-order chi connectivity index (χ1) is 21.5. The first-order valence-corrected chi connectivity index (χ1v) is 14.2. The van der Waals surface area contributed by atoms with Gasteiger partial charge in [0.2, 0.25) is 11.7 Å². The summed E-state index contributed by atoms with van der Waals surface area (Å²) < 4.78 is 21.4. The number of aromatic nitrogens is 3. The summed E-state index contributed by atoms with van der Waals surface area (Å²) in [6.45, 7) is 13.6. The highest BCUT2D eigenvalue weighted by Crippen LogP contribution is 2.32. The number of anilines is 1. The third-order valence-electron chi connectivity index (χ3n) is 7.09. The predicted octanol–water partition coefficient (Wildman–Crippen LogP) is 4.47. The standard InChI is InChI=1S/C31H36FN7O4.C2H4.3H2/c1-6-22(16-24(33)19(2)3)34-28(40)14-12-20-11-13-27-26(15-20)37(4)31(42)25(18-43-27)35-30(41)29-36-39(38(29)5)17-21-9-7-8-10-23(21)32;1-2;;;/h6-11,13,15-16,25H,1,12,14,17-18,33H2,2-5H3,(H,34,40)(H,35,41);1-2H2;3*1H/b22-16+;;;;/t25-;;;;/m0..../s1. The van der Waals surface area contributed by atoms with Crippen molar-refractivity contribution in [2.24, 2.45) is 12.8 Å². The highest BCUT2D eigenvalue weighted by Gasteiger charge is 2.32. The molecule has 0 saturated heterocycles. The van der Waals surface area contributed by atoms with Gasteiger partial charge in [-0.05, 0) is 56.2 Å². The maximum Gasteiger partial charge on any atom is 0.291 e. The van der Waals surface area contributed by atoms with E-state index in [9.17, 15) is 18.8 Å². The summed E-state index contributed by atoms with van der Waals surface area (Å²) in [6, 6.07) is 10.7. The Balaban J connectivity index is 0.00000433. The van der Waals surface area contributed by atoms with E-state index in [1.807, 2.05) is 19.9 Å². The normalized spacial score (nSPS) is 14.2. The number of likely N-dealkylation sites (N-methyl/N-ethyl adjacent to an activating group) is 1. The molecule has 4 rings (SSSR count). The number of allylic oxidation sites excluding steroid dienone is 3. The average Bonchev–Trinajstić information content (AvgIpc) is 3.14. The average molecular weight is 624 g/mol. The fourth-order valence-corrected chi connectivity index (χ4v) is 4.39. The van der Waals surface area contributed by atoms with Gasteiger partial charge in [-0.2, -0.15) is 4.80 Å². The molecule has 11 nitrogen and oxygen atoms in total. The Morgan fingerprint density at radius 2 is 1.91 bits per heavy atom. The fraction of sp³-hybridized carbons (Fsp3) is 0.273. The lowest BCUT2D eigenvalue weighted by molar-refractivity contribution is -0.121. The summed E-state index contributed by atoms with van der Waals surface area (Å²) in [5.74, 6) is -0.928. The van der Waals surface area contributed by atoms with E-state index >= 15 is 0 Å². The van der Waals surface area contributed by atoms with Crippen LogP contribution in [-0.4, -0.2) is 52.0 Å². The lowest BCUT2D eigenvalue weighted by Gasteiger charge is -2.23. The monoisotopic (exact) mass is 623 g/mol. The number of hydrogen-bond donors (Lipinski definition) is 3. The van der Waals surface area contributed by atoms with Crippen LogP contribution in [0.5, 0.6) is 5.75 Å². The number of aryl methyl sites for hydroxylation is 1. The second-order valence-electron chi connectivity index (χ2n) is 10.4. The van der Waals surface area contributed by atoms with Crippen molar-refractivity contribution < 1.29 is 27.8 Å². The molecule has 0 radical (unpaired) electrons. The Labute approximate surface area is 266 Å². The molecule has 1 aliphatic rings. The van der Waals surface area contributed by atoms with Crippen LogP contribution in [0, 0.1) is 5.82 Å². The van der Waals surface area contributed by atoms with Crippen molar-refractivity contribution in [1.29, 1.82) is 0 Å². The Bertz CT molecular complexity index is 1650. The molecule has 4 N–H and O–H groups in total. The molecule has 244 valence electrons. The zero-order valence-corrected chi connectivity index (χ0v) is 26.1. The van der Waals surface area contributed by atoms with Crippen LogP contribution < -0.4 is 26.0 Å². The highest BCUT2D eigenvalue weighted by atomic mass is 19.1. The van der Waals surface area contributed by atoms with Gasteiger partial charge in [0.25, 0.3) is 11.8 Å². The number of nitrogens with two attached hydrogens (primary N) is 1. The van der Waals surface area contributed by atoms with Gasteiger partial charge in [-0.25, -0.2) is 9.07 Å². The van der Waals surface area contributed by atoms with Gasteiger partial charge in [0.05, 0.1) is 12.2 Å². The lowest BCUT2D eigenvalue weighted by Crippen LogP contribution is -2.51. The Morgan fingerprint density at radius 1 is 1.20 bits per heavy atom. The van der Waals surface area contributed by atoms with E-state index in [1.165, 1.54) is 26.5 Å². The summed E-state index contributed by atoms with van der Waals surface area (Å²) in [4.78, 5) is 41.7. The number of benzene rings is 2. The van der Waals surface area contributed by atoms with Crippen LogP contribution in [0.1, 0.15) is 46.3 Å². The number of halogens is 1. The fourth-order valence-electron chi connectivity index (χ4n) is 4.39. The molecule has 0 aliphatic carbocycles. The van der Waals surface area contributed by atoms with E-state index in [1.54, 1.807) is 50.5 Å². The van der Waals surface area contributed by atoms with E-state index in [2.05, 4.69) is 35.5 Å². The van der Waals surface area contributed by atoms with Crippen molar-refractivity contribution in [2.75, 3.05) is 18.6 Å². The molecule has 1 aromatic heterocycles. The largest absolute Gasteiger partial charge is 0.489 e. The van der Waals surface area contributed by atoms with Crippen LogP contribution in [-0.2, 0) is 29.6 Å². The summed E-state index contributed by atoms with van der Waals surface area (Å²) in [5, 5.41) is 9.68. The van der Waals surface area contributed by atoms with Crippen molar-refractivity contribution in [3.8, 4) is 5.75 Å². The van der Waals surface area contributed by atoms with Gasteiger partial charge < -0.3 is 26.0 Å². The lowest BCUT2D eigenvalue weighted by atomic mass is 10.1. The molecular weight excluding hydrogens is 577 g/mol. The molecule has 2 aromatic carbocycles. The first-order valence-electron chi connectivity index (χ1n) is 14.2. The molecule has 3 amide bonds. The van der Waals surface area contributed by atoms with Gasteiger partial charge in [0.15, 0.2) is 0 Å². The van der Waals surface area contributed by atoms with Crippen molar-refractivity contribution in [2.45, 2.75) is 39.3 Å². The SMILES string of the molecule is C=C.C=C/C(=C\C(N)=C(C)C)NC(=O)CCc1ccc2c(c1)N(C)C(=O)[C@@H](NC(=O)c1nn(Cc3ccccc3F)n1C)CO2.[HH].[HH].[HH]. The maximum atomic E-state index is 14.0. The van der Waals surface area contributed by atoms with Gasteiger partial charge in [0.1, 0.15) is 24.2 Å². The van der Waals surface area contributed by atoms with E-state index in [0.717, 1.165) is 11.1 Å². The van der Waals surface area contributed by atoms with Gasteiger partial charge >= 0.3 is 0 Å². The summed E-state index contributed by atoms with van der Waals surface area (Å²) in [5.41, 5.74) is 9.73. The molecule has 0 spiro atoms. The minimum atomic E-state index is -0.965. The van der Waals surface area contributed by atoms with Crippen molar-refractivity contribution in [3.63, 3.8) is 0 Å². The third kappa shape index (κ3) is 8.37. The zero-order valence-electron chi connectivity index (χ0n) is 26.1. The Hall–Kier alpha value is -5.39. The van der Waals surface area contributed by atoms with E-state index in [-0.39, 0.29) is 47.3 Å². The number of rotatable bonds is 10. The highest BCUT2D eigenvalue weighted by molar-refractivity contribution is 6.02. The number of hydrogen-bond acceptors (Lipinski definition) is 6. The topological polar surface area (TPSA) is 137 Å². The molecule has 3 aromatic rings. The molecule has 0 fully saturated rings. The van der Waals surface area contributed by atoms with Crippen LogP contribution in [0.3, 0.4) is 0 Å². The number of nitrogens with one attached hydrogen (secondary N) is 2. The molecule has 1 aliphatic heterocycles. The van der Waals surface area contributed by atoms with Crippen LogP contribution in [0.15, 0.2) is 91.3 Å². The Kier molecular flexibility index (Phi) is 11.6. The first kappa shape index (κ1) is 34.1. The van der Waals surface area contributed by atoms with Crippen molar-refractivity contribution in [1.82, 2.24) is 25.2 Å². The number of ether oxygens (including phenoxy) is 1. The minimum absolute atomic E-state index is 0. The van der Waals surface area contributed by atoms with Crippen LogP contribution in [0.25, 0.3) is 0 Å². The van der Waals surface area contributed by atoms with Crippen molar-refractivity contribution >= 4 is 23.4 Å². The van der Waals surface area contributed by atoms with Gasteiger partial charge in [-0.15, -0.1) is 18.3 Å². The molecule has 2 heterocycles. The summed E-state index contributed by atoms with van der Waals surface area (Å²) in [6.07, 6.45) is 3.80. The number of nitrogens with zero attached hydrogens (tertiary/aromatic N) is 4. The number of amides is 3. The van der Waals surface area contributed by atoms with Crippen LogP contribution in [0.2, 0.25) is 0 Å². The smallest absolute Gasteiger partial charge is 0.291 e. The maximum absolute atomic E-state index is 14.0. The molecule has 12 heteroatoms. The summed E-state index contributed by atoms with van der Waals surface area (Å²) in [7, 11) is 3.23. The van der Waals surface area contributed by atoms with Crippen LogP contribution in [0.4, 0.5) is 10.1 Å². The van der Waals surface area contributed by atoms with Crippen molar-refractivity contribution in [3.05, 3.63) is 114 Å². The molecule has 0 saturated carbocycles. The minimum Gasteiger partial charge on any atom is -0.489 e. The molecule has 1 atom stereocenters. The second kappa shape index (κ2) is 15.4. The quantitative estimate of drug-likeness (QED) is 0.225. The Morgan fingerprint density at radius 3 is 2.56 bits per heavy atom.